The van der Waals surface area contributed by atoms with Crippen LogP contribution in [0.4, 0.5) is 0 Å². The molecule has 0 aromatic heterocycles. The van der Waals surface area contributed by atoms with E-state index in [0.29, 0.717) is 6.61 Å². The van der Waals surface area contributed by atoms with Gasteiger partial charge in [-0.1, -0.05) is 0 Å². The summed E-state index contributed by atoms with van der Waals surface area (Å²) in [6.45, 7) is 7.78. The number of hydrogen-bond donors (Lipinski definition) is 1. The van der Waals surface area contributed by atoms with Gasteiger partial charge in [-0.3, -0.25) is 0 Å². The van der Waals surface area contributed by atoms with E-state index in [-0.39, 0.29) is 18.3 Å². The van der Waals surface area contributed by atoms with Gasteiger partial charge in [-0.2, -0.15) is 0 Å². The lowest BCUT2D eigenvalue weighted by Crippen LogP contribution is -2.40. The highest BCUT2D eigenvalue weighted by Crippen LogP contribution is 2.41. The molecule has 0 radical (unpaired) electrons. The first-order valence-corrected chi connectivity index (χ1v) is 6.28. The van der Waals surface area contributed by atoms with Gasteiger partial charge in [0, 0.05) is 0 Å². The van der Waals surface area contributed by atoms with Crippen molar-refractivity contribution in [2.75, 3.05) is 6.61 Å². The Morgan fingerprint density at radius 3 is 2.17 bits per heavy atom. The Morgan fingerprint density at radius 1 is 0.889 bits per heavy atom. The predicted molar refractivity (Wildman–Crippen MR) is 59.6 cm³/mol. The molecule has 0 aromatic rings. The van der Waals surface area contributed by atoms with Crippen LogP contribution in [0.3, 0.4) is 0 Å². The van der Waals surface area contributed by atoms with Gasteiger partial charge < -0.3 is 28.8 Å². The molecule has 0 aromatic carbocycles. The molecule has 0 saturated carbocycles. The fourth-order valence-electron chi connectivity index (χ4n) is 2.78. The third kappa shape index (κ3) is 2.07. The first-order chi connectivity index (χ1) is 8.27. The minimum absolute atomic E-state index is 0.248. The fraction of sp³-hybridized carbons (Fsp3) is 1.00. The molecule has 0 aliphatic carbocycles. The number of rotatable bonds is 1. The summed E-state index contributed by atoms with van der Waals surface area (Å²) in [5, 5.41) is 9.87. The highest BCUT2D eigenvalue weighted by Gasteiger charge is 2.58. The van der Waals surface area contributed by atoms with Crippen LogP contribution >= 0.6 is 0 Å². The van der Waals surface area contributed by atoms with Crippen LogP contribution in [0.5, 0.6) is 0 Å². The van der Waals surface area contributed by atoms with Crippen LogP contribution in [0, 0.1) is 0 Å². The highest BCUT2D eigenvalue weighted by atomic mass is 16.8. The van der Waals surface area contributed by atoms with Crippen molar-refractivity contribution >= 4 is 0 Å². The summed E-state index contributed by atoms with van der Waals surface area (Å²) < 4.78 is 28.2. The normalized spacial score (nSPS) is 49.5. The first-order valence-electron chi connectivity index (χ1n) is 6.28. The van der Waals surface area contributed by atoms with Gasteiger partial charge in [-0.15, -0.1) is 0 Å². The van der Waals surface area contributed by atoms with Crippen LogP contribution in [0.15, 0.2) is 0 Å². The number of ether oxygens (including phenoxy) is 5. The van der Waals surface area contributed by atoms with Crippen LogP contribution in [-0.4, -0.2) is 54.0 Å². The Kier molecular flexibility index (Phi) is 2.75. The Morgan fingerprint density at radius 2 is 1.56 bits per heavy atom. The number of hydrogen-bond acceptors (Lipinski definition) is 6. The monoisotopic (exact) mass is 260 g/mol. The van der Waals surface area contributed by atoms with E-state index in [1.807, 2.05) is 27.7 Å². The lowest BCUT2D eigenvalue weighted by atomic mass is 10.1. The summed E-state index contributed by atoms with van der Waals surface area (Å²) in [6, 6.07) is 0. The van der Waals surface area contributed by atoms with E-state index < -0.39 is 24.0 Å². The second-order valence-electron chi connectivity index (χ2n) is 5.92. The van der Waals surface area contributed by atoms with Gasteiger partial charge >= 0.3 is 0 Å². The van der Waals surface area contributed by atoms with E-state index >= 15 is 0 Å². The van der Waals surface area contributed by atoms with Crippen molar-refractivity contribution in [2.45, 2.75) is 70.0 Å². The summed E-state index contributed by atoms with van der Waals surface area (Å²) in [4.78, 5) is 0. The van der Waals surface area contributed by atoms with Gasteiger partial charge in [-0.25, -0.2) is 0 Å². The molecule has 104 valence electrons. The summed E-state index contributed by atoms with van der Waals surface area (Å²) in [7, 11) is 0. The maximum absolute atomic E-state index is 9.87. The van der Waals surface area contributed by atoms with Gasteiger partial charge in [0.1, 0.15) is 24.4 Å². The van der Waals surface area contributed by atoms with E-state index in [2.05, 4.69) is 0 Å². The average Bonchev–Trinajstić information content (AvgIpc) is 2.81. The Balaban J connectivity index is 1.75. The molecule has 3 saturated heterocycles. The molecule has 5 atom stereocenters. The molecule has 3 aliphatic rings. The predicted octanol–water partition coefficient (Wildman–Crippen LogP) is 0.375. The smallest absolute Gasteiger partial charge is 0.184 e. The molecule has 0 amide bonds. The van der Waals surface area contributed by atoms with Crippen molar-refractivity contribution in [3.63, 3.8) is 0 Å². The summed E-state index contributed by atoms with van der Waals surface area (Å²) in [5.74, 6) is -1.32. The van der Waals surface area contributed by atoms with Crippen LogP contribution in [0.25, 0.3) is 0 Å². The quantitative estimate of drug-likeness (QED) is 0.735. The highest BCUT2D eigenvalue weighted by molar-refractivity contribution is 4.99. The number of aliphatic hydroxyl groups excluding tert-OH is 1. The minimum Gasteiger partial charge on any atom is -0.366 e. The van der Waals surface area contributed by atoms with E-state index in [0.717, 1.165) is 0 Å². The van der Waals surface area contributed by atoms with Crippen LogP contribution in [-0.2, 0) is 23.7 Å². The largest absolute Gasteiger partial charge is 0.366 e. The molecule has 6 heteroatoms. The summed E-state index contributed by atoms with van der Waals surface area (Å²) >= 11 is 0. The van der Waals surface area contributed by atoms with Crippen molar-refractivity contribution < 1.29 is 28.8 Å². The Hall–Kier alpha value is -0.240. The summed E-state index contributed by atoms with van der Waals surface area (Å²) in [6.07, 6.45) is -2.38. The first kappa shape index (κ1) is 12.8. The average molecular weight is 260 g/mol. The number of aliphatic hydroxyl groups is 1. The standard InChI is InChI=1S/C12H20O6/c1-11(2)14-5-6(16-11)7-8-9(10(13)15-7)18-12(3,4)17-8/h6-10,13H,5H2,1-4H3/t6-,7+,8-,9+,10+/m1/s1. The molecular weight excluding hydrogens is 240 g/mol. The topological polar surface area (TPSA) is 66.4 Å². The zero-order valence-corrected chi connectivity index (χ0v) is 11.1. The SMILES string of the molecule is CC1(C)O[C@@H]2[C@H]([C@H]3COC(C)(C)O3)O[C@H](O)[C@H]2O1. The van der Waals surface area contributed by atoms with E-state index in [1.165, 1.54) is 0 Å². The van der Waals surface area contributed by atoms with Gasteiger partial charge in [0.15, 0.2) is 17.9 Å². The van der Waals surface area contributed by atoms with Gasteiger partial charge in [0.2, 0.25) is 0 Å². The third-order valence-electron chi connectivity index (χ3n) is 3.46. The van der Waals surface area contributed by atoms with E-state index in [4.69, 9.17) is 23.7 Å². The van der Waals surface area contributed by atoms with Gasteiger partial charge in [-0.05, 0) is 27.7 Å². The molecule has 6 nitrogen and oxygen atoms in total. The second kappa shape index (κ2) is 3.88. The zero-order valence-electron chi connectivity index (χ0n) is 11.1. The molecule has 0 spiro atoms. The lowest BCUT2D eigenvalue weighted by molar-refractivity contribution is -0.236. The third-order valence-corrected chi connectivity index (χ3v) is 3.46. The van der Waals surface area contributed by atoms with Gasteiger partial charge in [0.05, 0.1) is 6.61 Å². The molecular formula is C12H20O6. The van der Waals surface area contributed by atoms with Gasteiger partial charge in [0.25, 0.3) is 0 Å². The van der Waals surface area contributed by atoms with Crippen molar-refractivity contribution in [1.29, 1.82) is 0 Å². The van der Waals surface area contributed by atoms with E-state index in [1.54, 1.807) is 0 Å². The Labute approximate surface area is 106 Å². The van der Waals surface area contributed by atoms with Crippen molar-refractivity contribution in [1.82, 2.24) is 0 Å². The molecule has 18 heavy (non-hydrogen) atoms. The molecule has 3 heterocycles. The maximum atomic E-state index is 9.87. The van der Waals surface area contributed by atoms with Crippen molar-refractivity contribution in [3.05, 3.63) is 0 Å². The van der Waals surface area contributed by atoms with Crippen LogP contribution < -0.4 is 0 Å². The maximum Gasteiger partial charge on any atom is 0.184 e. The van der Waals surface area contributed by atoms with Crippen LogP contribution in [0.2, 0.25) is 0 Å². The lowest BCUT2D eigenvalue weighted by Gasteiger charge is -2.26. The molecule has 3 rings (SSSR count). The van der Waals surface area contributed by atoms with Crippen molar-refractivity contribution in [2.24, 2.45) is 0 Å². The Bertz CT molecular complexity index is 341. The second-order valence-corrected chi connectivity index (χ2v) is 5.92. The minimum atomic E-state index is -0.978. The number of fused-ring (bicyclic) bond motifs is 1. The zero-order chi connectivity index (χ0) is 13.1. The molecule has 3 aliphatic heterocycles. The fourth-order valence-corrected chi connectivity index (χ4v) is 2.78. The molecule has 0 unspecified atom stereocenters. The summed E-state index contributed by atoms with van der Waals surface area (Å²) in [5.41, 5.74) is 0. The molecule has 3 fully saturated rings. The van der Waals surface area contributed by atoms with Crippen molar-refractivity contribution in [3.8, 4) is 0 Å². The molecule has 0 bridgehead atoms. The van der Waals surface area contributed by atoms with E-state index in [9.17, 15) is 5.11 Å². The van der Waals surface area contributed by atoms with Crippen LogP contribution in [0.1, 0.15) is 27.7 Å². The molecule has 1 N–H and O–H groups in total.